The van der Waals surface area contributed by atoms with Gasteiger partial charge in [-0.2, -0.15) is 0 Å². The maximum atomic E-state index is 12.9. The Morgan fingerprint density at radius 1 is 1.12 bits per heavy atom. The molecule has 0 spiro atoms. The van der Waals surface area contributed by atoms with E-state index in [2.05, 4.69) is 5.32 Å². The number of halogens is 1. The number of nitrogens with one attached hydrogen (secondary N) is 1. The summed E-state index contributed by atoms with van der Waals surface area (Å²) in [4.78, 5) is 0. The van der Waals surface area contributed by atoms with Crippen molar-refractivity contribution in [2.45, 2.75) is 32.1 Å². The van der Waals surface area contributed by atoms with Crippen molar-refractivity contribution in [3.05, 3.63) is 59.4 Å². The largest absolute Gasteiger partial charge is 0.493 e. The predicted molar refractivity (Wildman–Crippen MR) is 94.4 cm³/mol. The van der Waals surface area contributed by atoms with E-state index in [1.54, 1.807) is 19.2 Å². The van der Waals surface area contributed by atoms with Gasteiger partial charge in [0.25, 0.3) is 0 Å². The fourth-order valence-corrected chi connectivity index (χ4v) is 2.87. The van der Waals surface area contributed by atoms with Gasteiger partial charge in [0, 0.05) is 19.7 Å². The third-order valence-electron chi connectivity index (χ3n) is 4.26. The van der Waals surface area contributed by atoms with Crippen LogP contribution in [-0.4, -0.2) is 26.4 Å². The summed E-state index contributed by atoms with van der Waals surface area (Å²) in [7, 11) is 1.63. The lowest BCUT2D eigenvalue weighted by molar-refractivity contribution is 0.110. The highest BCUT2D eigenvalue weighted by Crippen LogP contribution is 2.29. The highest BCUT2D eigenvalue weighted by molar-refractivity contribution is 5.43. The SMILES string of the molecule is COc1cc(CNCC2CCCO2)ccc1OCc1ccc(F)cc1. The minimum atomic E-state index is -0.249. The van der Waals surface area contributed by atoms with Crippen LogP contribution in [0.2, 0.25) is 0 Å². The van der Waals surface area contributed by atoms with Crippen molar-refractivity contribution in [3.63, 3.8) is 0 Å². The maximum Gasteiger partial charge on any atom is 0.161 e. The van der Waals surface area contributed by atoms with Crippen LogP contribution in [0.1, 0.15) is 24.0 Å². The predicted octanol–water partition coefficient (Wildman–Crippen LogP) is 3.68. The first kappa shape index (κ1) is 17.7. The first-order valence-corrected chi connectivity index (χ1v) is 8.61. The van der Waals surface area contributed by atoms with Gasteiger partial charge in [-0.1, -0.05) is 18.2 Å². The molecule has 3 rings (SSSR count). The van der Waals surface area contributed by atoms with Gasteiger partial charge >= 0.3 is 0 Å². The van der Waals surface area contributed by atoms with Crippen molar-refractivity contribution in [2.75, 3.05) is 20.3 Å². The van der Waals surface area contributed by atoms with Crippen LogP contribution in [0.15, 0.2) is 42.5 Å². The van der Waals surface area contributed by atoms with Crippen molar-refractivity contribution in [3.8, 4) is 11.5 Å². The summed E-state index contributed by atoms with van der Waals surface area (Å²) in [5.41, 5.74) is 2.04. The summed E-state index contributed by atoms with van der Waals surface area (Å²) in [5.74, 6) is 1.12. The molecule has 0 saturated carbocycles. The standard InChI is InChI=1S/C20H24FNO3/c1-23-20-11-16(12-22-13-18-3-2-10-24-18)6-9-19(20)25-14-15-4-7-17(21)8-5-15/h4-9,11,18,22H,2-3,10,12-14H2,1H3. The summed E-state index contributed by atoms with van der Waals surface area (Å²) in [6.45, 7) is 2.87. The first-order chi connectivity index (χ1) is 12.2. The molecule has 2 aromatic rings. The minimum absolute atomic E-state index is 0.249. The second-order valence-corrected chi connectivity index (χ2v) is 6.17. The van der Waals surface area contributed by atoms with Crippen LogP contribution in [0.3, 0.4) is 0 Å². The van der Waals surface area contributed by atoms with Gasteiger partial charge in [0.1, 0.15) is 12.4 Å². The molecule has 1 saturated heterocycles. The fraction of sp³-hybridized carbons (Fsp3) is 0.400. The second-order valence-electron chi connectivity index (χ2n) is 6.17. The topological polar surface area (TPSA) is 39.7 Å². The Balaban J connectivity index is 1.54. The third kappa shape index (κ3) is 5.18. The van der Waals surface area contributed by atoms with E-state index >= 15 is 0 Å². The fourth-order valence-electron chi connectivity index (χ4n) is 2.87. The van der Waals surface area contributed by atoms with E-state index in [0.29, 0.717) is 24.2 Å². The van der Waals surface area contributed by atoms with Crippen LogP contribution in [0.25, 0.3) is 0 Å². The summed E-state index contributed by atoms with van der Waals surface area (Å²) >= 11 is 0. The molecule has 1 N–H and O–H groups in total. The average Bonchev–Trinajstić information content (AvgIpc) is 3.15. The molecular formula is C20H24FNO3. The number of hydrogen-bond acceptors (Lipinski definition) is 4. The number of benzene rings is 2. The minimum Gasteiger partial charge on any atom is -0.493 e. The Morgan fingerprint density at radius 2 is 1.92 bits per heavy atom. The summed E-state index contributed by atoms with van der Waals surface area (Å²) < 4.78 is 29.8. The molecule has 25 heavy (non-hydrogen) atoms. The number of rotatable bonds is 8. The molecule has 1 unspecified atom stereocenters. The van der Waals surface area contributed by atoms with E-state index in [0.717, 1.165) is 43.7 Å². The smallest absolute Gasteiger partial charge is 0.161 e. The molecule has 0 aliphatic carbocycles. The first-order valence-electron chi connectivity index (χ1n) is 8.61. The van der Waals surface area contributed by atoms with Crippen molar-refractivity contribution in [1.82, 2.24) is 5.32 Å². The van der Waals surface area contributed by atoms with Crippen molar-refractivity contribution in [1.29, 1.82) is 0 Å². The quantitative estimate of drug-likeness (QED) is 0.792. The highest BCUT2D eigenvalue weighted by atomic mass is 19.1. The van der Waals surface area contributed by atoms with Crippen LogP contribution in [-0.2, 0) is 17.9 Å². The van der Waals surface area contributed by atoms with Crippen molar-refractivity contribution in [2.24, 2.45) is 0 Å². The van der Waals surface area contributed by atoms with Crippen molar-refractivity contribution >= 4 is 0 Å². The van der Waals surface area contributed by atoms with Gasteiger partial charge in [-0.15, -0.1) is 0 Å². The van der Waals surface area contributed by atoms with E-state index in [-0.39, 0.29) is 5.82 Å². The zero-order valence-electron chi connectivity index (χ0n) is 14.5. The Kier molecular flexibility index (Phi) is 6.25. The van der Waals surface area contributed by atoms with E-state index in [1.807, 2.05) is 18.2 Å². The Morgan fingerprint density at radius 3 is 2.64 bits per heavy atom. The number of hydrogen-bond donors (Lipinski definition) is 1. The highest BCUT2D eigenvalue weighted by Gasteiger charge is 2.14. The molecular weight excluding hydrogens is 321 g/mol. The molecule has 1 atom stereocenters. The van der Waals surface area contributed by atoms with Crippen molar-refractivity contribution < 1.29 is 18.6 Å². The van der Waals surface area contributed by atoms with Gasteiger partial charge in [-0.05, 0) is 48.2 Å². The molecule has 0 radical (unpaired) electrons. The van der Waals surface area contributed by atoms with E-state index < -0.39 is 0 Å². The molecule has 134 valence electrons. The van der Waals surface area contributed by atoms with E-state index in [4.69, 9.17) is 14.2 Å². The van der Waals surface area contributed by atoms with Gasteiger partial charge in [0.15, 0.2) is 11.5 Å². The van der Waals surface area contributed by atoms with Crippen LogP contribution < -0.4 is 14.8 Å². The van der Waals surface area contributed by atoms with Gasteiger partial charge in [-0.3, -0.25) is 0 Å². The van der Waals surface area contributed by atoms with Crippen LogP contribution >= 0.6 is 0 Å². The van der Waals surface area contributed by atoms with Crippen LogP contribution in [0, 0.1) is 5.82 Å². The molecule has 1 heterocycles. The van der Waals surface area contributed by atoms with E-state index in [1.165, 1.54) is 12.1 Å². The third-order valence-corrected chi connectivity index (χ3v) is 4.26. The number of methoxy groups -OCH3 is 1. The molecule has 1 fully saturated rings. The van der Waals surface area contributed by atoms with E-state index in [9.17, 15) is 4.39 Å². The van der Waals surface area contributed by atoms with Gasteiger partial charge in [0.2, 0.25) is 0 Å². The normalized spacial score (nSPS) is 16.8. The van der Waals surface area contributed by atoms with Gasteiger partial charge < -0.3 is 19.5 Å². The molecule has 1 aliphatic rings. The van der Waals surface area contributed by atoms with Crippen LogP contribution in [0.4, 0.5) is 4.39 Å². The van der Waals surface area contributed by atoms with Gasteiger partial charge in [0.05, 0.1) is 13.2 Å². The monoisotopic (exact) mass is 345 g/mol. The zero-order valence-corrected chi connectivity index (χ0v) is 14.5. The second kappa shape index (κ2) is 8.83. The summed E-state index contributed by atoms with van der Waals surface area (Å²) in [5, 5.41) is 3.42. The lowest BCUT2D eigenvalue weighted by atomic mass is 10.2. The molecule has 4 nitrogen and oxygen atoms in total. The average molecular weight is 345 g/mol. The molecule has 5 heteroatoms. The lowest BCUT2D eigenvalue weighted by Gasteiger charge is -2.14. The maximum absolute atomic E-state index is 12.9. The Bertz CT molecular complexity index is 669. The molecule has 1 aliphatic heterocycles. The lowest BCUT2D eigenvalue weighted by Crippen LogP contribution is -2.25. The van der Waals surface area contributed by atoms with Gasteiger partial charge in [-0.25, -0.2) is 4.39 Å². The Hall–Kier alpha value is -2.11. The zero-order chi connectivity index (χ0) is 17.5. The van der Waals surface area contributed by atoms with Crippen LogP contribution in [0.5, 0.6) is 11.5 Å². The summed E-state index contributed by atoms with van der Waals surface area (Å²) in [6, 6.07) is 12.2. The Labute approximate surface area is 147 Å². The molecule has 0 aromatic heterocycles. The molecule has 0 bridgehead atoms. The molecule has 0 amide bonds. The number of ether oxygens (including phenoxy) is 3. The summed E-state index contributed by atoms with van der Waals surface area (Å²) in [6.07, 6.45) is 2.62. The molecule has 2 aromatic carbocycles.